The second kappa shape index (κ2) is 7.05. The summed E-state index contributed by atoms with van der Waals surface area (Å²) in [6, 6.07) is 5.87. The summed E-state index contributed by atoms with van der Waals surface area (Å²) < 4.78 is 21.1. The number of amides is 1. The number of aryl methyl sites for hydroxylation is 1. The lowest BCUT2D eigenvalue weighted by Gasteiger charge is -2.24. The molecule has 8 nitrogen and oxygen atoms in total. The number of halogens is 1. The van der Waals surface area contributed by atoms with Crippen LogP contribution in [-0.2, 0) is 11.8 Å². The van der Waals surface area contributed by atoms with Crippen LogP contribution >= 0.6 is 0 Å². The predicted molar refractivity (Wildman–Crippen MR) is 108 cm³/mol. The van der Waals surface area contributed by atoms with E-state index in [4.69, 9.17) is 15.7 Å². The molecule has 2 heterocycles. The van der Waals surface area contributed by atoms with E-state index in [2.05, 4.69) is 9.97 Å². The number of nitrogen functional groups attached to an aromatic ring is 1. The van der Waals surface area contributed by atoms with Crippen LogP contribution in [0.3, 0.4) is 0 Å². The van der Waals surface area contributed by atoms with Crippen LogP contribution < -0.4 is 10.6 Å². The maximum absolute atomic E-state index is 14.0. The Morgan fingerprint density at radius 2 is 2.03 bits per heavy atom. The summed E-state index contributed by atoms with van der Waals surface area (Å²) in [7, 11) is 3.26. The third kappa shape index (κ3) is 3.82. The highest BCUT2D eigenvalue weighted by Gasteiger charge is 2.26. The van der Waals surface area contributed by atoms with Gasteiger partial charge in [-0.25, -0.2) is 19.2 Å². The van der Waals surface area contributed by atoms with Gasteiger partial charge in [0.2, 0.25) is 0 Å². The van der Waals surface area contributed by atoms with Crippen molar-refractivity contribution in [1.29, 1.82) is 5.26 Å². The molecule has 1 amide bonds. The van der Waals surface area contributed by atoms with Gasteiger partial charge in [0.05, 0.1) is 29.0 Å². The van der Waals surface area contributed by atoms with Crippen LogP contribution in [0.5, 0.6) is 0 Å². The van der Waals surface area contributed by atoms with Gasteiger partial charge in [-0.1, -0.05) is 0 Å². The second-order valence-corrected chi connectivity index (χ2v) is 7.63. The monoisotopic (exact) mass is 396 g/mol. The van der Waals surface area contributed by atoms with Crippen LogP contribution in [0, 0.1) is 17.1 Å². The number of anilines is 2. The number of carbonyl (C=O) groups is 1. The minimum Gasteiger partial charge on any atom is -0.443 e. The molecular weight excluding hydrogens is 375 g/mol. The van der Waals surface area contributed by atoms with E-state index in [0.29, 0.717) is 22.2 Å². The number of pyridine rings is 1. The Bertz CT molecular complexity index is 1160. The lowest BCUT2D eigenvalue weighted by Crippen LogP contribution is -2.34. The first-order chi connectivity index (χ1) is 13.5. The molecule has 3 rings (SSSR count). The Hall–Kier alpha value is -3.67. The Morgan fingerprint density at radius 3 is 2.66 bits per heavy atom. The summed E-state index contributed by atoms with van der Waals surface area (Å²) >= 11 is 0. The molecule has 29 heavy (non-hydrogen) atoms. The van der Waals surface area contributed by atoms with E-state index < -0.39 is 17.5 Å². The molecule has 0 unspecified atom stereocenters. The zero-order valence-electron chi connectivity index (χ0n) is 16.8. The first-order valence-corrected chi connectivity index (χ1v) is 8.80. The first kappa shape index (κ1) is 20.1. The highest BCUT2D eigenvalue weighted by Crippen LogP contribution is 2.37. The standard InChI is InChI=1S/C20H21FN6O2/c1-20(2,3)29-19(28)27(5)18-15-16(26(4)10-24-15)14(17(23)25-18)12-6-11(9-22)7-13(21)8-12/h6-8,10H,1-5H3,(H2,23,25). The molecular formula is C20H21FN6O2. The quantitative estimate of drug-likeness (QED) is 0.709. The van der Waals surface area contributed by atoms with Crippen LogP contribution in [0.15, 0.2) is 24.5 Å². The number of fused-ring (bicyclic) bond motifs is 1. The lowest BCUT2D eigenvalue weighted by molar-refractivity contribution is 0.0588. The fraction of sp³-hybridized carbons (Fsp3) is 0.300. The summed E-state index contributed by atoms with van der Waals surface area (Å²) in [6.45, 7) is 5.28. The summed E-state index contributed by atoms with van der Waals surface area (Å²) in [6.07, 6.45) is 0.938. The number of hydrogen-bond donors (Lipinski definition) is 1. The molecule has 0 bridgehead atoms. The maximum Gasteiger partial charge on any atom is 0.415 e. The number of carbonyl (C=O) groups excluding carboxylic acids is 1. The molecule has 0 aliphatic rings. The number of aromatic nitrogens is 3. The van der Waals surface area contributed by atoms with Gasteiger partial charge in [-0.05, 0) is 44.5 Å². The van der Waals surface area contributed by atoms with Gasteiger partial charge in [0, 0.05) is 14.1 Å². The molecule has 0 aliphatic heterocycles. The van der Waals surface area contributed by atoms with Gasteiger partial charge in [-0.3, -0.25) is 4.90 Å². The van der Waals surface area contributed by atoms with Gasteiger partial charge in [0.1, 0.15) is 22.8 Å². The van der Waals surface area contributed by atoms with E-state index in [9.17, 15) is 9.18 Å². The fourth-order valence-electron chi connectivity index (χ4n) is 2.97. The Balaban J connectivity index is 2.23. The molecule has 0 atom stereocenters. The number of nitrogens with two attached hydrogens (primary N) is 1. The topological polar surface area (TPSA) is 110 Å². The fourth-order valence-corrected chi connectivity index (χ4v) is 2.97. The zero-order chi connectivity index (χ0) is 21.5. The number of hydrogen-bond acceptors (Lipinski definition) is 6. The summed E-state index contributed by atoms with van der Waals surface area (Å²) in [4.78, 5) is 22.4. The summed E-state index contributed by atoms with van der Waals surface area (Å²) in [5, 5.41) is 9.16. The van der Waals surface area contributed by atoms with Crippen LogP contribution in [0.1, 0.15) is 26.3 Å². The first-order valence-electron chi connectivity index (χ1n) is 8.80. The van der Waals surface area contributed by atoms with E-state index in [1.165, 1.54) is 24.1 Å². The van der Waals surface area contributed by atoms with E-state index in [1.54, 1.807) is 38.7 Å². The average molecular weight is 396 g/mol. The van der Waals surface area contributed by atoms with Gasteiger partial charge in [0.25, 0.3) is 0 Å². The molecule has 2 N–H and O–H groups in total. The highest BCUT2D eigenvalue weighted by atomic mass is 19.1. The molecule has 0 saturated carbocycles. The van der Waals surface area contributed by atoms with Crippen molar-refractivity contribution >= 4 is 28.8 Å². The largest absolute Gasteiger partial charge is 0.443 e. The number of ether oxygens (including phenoxy) is 1. The highest BCUT2D eigenvalue weighted by molar-refractivity contribution is 6.05. The molecule has 0 fully saturated rings. The number of nitrogens with zero attached hydrogens (tertiary/aromatic N) is 5. The second-order valence-electron chi connectivity index (χ2n) is 7.63. The Kier molecular flexibility index (Phi) is 4.88. The summed E-state index contributed by atoms with van der Waals surface area (Å²) in [5.74, 6) is -0.280. The van der Waals surface area contributed by atoms with Crippen LogP contribution in [-0.4, -0.2) is 33.3 Å². The van der Waals surface area contributed by atoms with E-state index >= 15 is 0 Å². The maximum atomic E-state index is 14.0. The van der Waals surface area contributed by atoms with E-state index in [0.717, 1.165) is 6.07 Å². The molecule has 2 aromatic heterocycles. The Morgan fingerprint density at radius 1 is 1.34 bits per heavy atom. The minimum atomic E-state index is -0.685. The zero-order valence-corrected chi connectivity index (χ0v) is 16.8. The normalized spacial score (nSPS) is 11.3. The SMILES string of the molecule is CN(C(=O)OC(C)(C)C)c1nc(N)c(-c2cc(F)cc(C#N)c2)c2c1ncn2C. The lowest BCUT2D eigenvalue weighted by atomic mass is 10.0. The van der Waals surface area contributed by atoms with Gasteiger partial charge in [0.15, 0.2) is 5.82 Å². The van der Waals surface area contributed by atoms with Crippen molar-refractivity contribution in [3.63, 3.8) is 0 Å². The van der Waals surface area contributed by atoms with Crippen molar-refractivity contribution in [2.45, 2.75) is 26.4 Å². The van der Waals surface area contributed by atoms with Crippen molar-refractivity contribution in [1.82, 2.24) is 14.5 Å². The number of benzene rings is 1. The number of nitriles is 1. The smallest absolute Gasteiger partial charge is 0.415 e. The van der Waals surface area contributed by atoms with Crippen molar-refractivity contribution in [3.8, 4) is 17.2 Å². The van der Waals surface area contributed by atoms with Crippen LogP contribution in [0.4, 0.5) is 20.8 Å². The van der Waals surface area contributed by atoms with E-state index in [-0.39, 0.29) is 17.2 Å². The van der Waals surface area contributed by atoms with Gasteiger partial charge in [-0.15, -0.1) is 0 Å². The third-order valence-corrected chi connectivity index (χ3v) is 4.17. The number of rotatable bonds is 2. The predicted octanol–water partition coefficient (Wildman–Crippen LogP) is 3.60. The third-order valence-electron chi connectivity index (χ3n) is 4.17. The van der Waals surface area contributed by atoms with Crippen molar-refractivity contribution in [3.05, 3.63) is 35.9 Å². The van der Waals surface area contributed by atoms with E-state index in [1.807, 2.05) is 6.07 Å². The molecule has 3 aromatic rings. The molecule has 0 spiro atoms. The van der Waals surface area contributed by atoms with Crippen molar-refractivity contribution in [2.24, 2.45) is 7.05 Å². The van der Waals surface area contributed by atoms with Gasteiger partial charge < -0.3 is 15.0 Å². The van der Waals surface area contributed by atoms with Crippen LogP contribution in [0.25, 0.3) is 22.2 Å². The molecule has 0 radical (unpaired) electrons. The summed E-state index contributed by atoms with van der Waals surface area (Å²) in [5.41, 5.74) is 7.46. The Labute approximate surface area is 167 Å². The van der Waals surface area contributed by atoms with Crippen LogP contribution in [0.2, 0.25) is 0 Å². The van der Waals surface area contributed by atoms with Crippen molar-refractivity contribution in [2.75, 3.05) is 17.7 Å². The van der Waals surface area contributed by atoms with Gasteiger partial charge in [-0.2, -0.15) is 5.26 Å². The molecule has 0 aliphatic carbocycles. The molecule has 150 valence electrons. The minimum absolute atomic E-state index is 0.0704. The van der Waals surface area contributed by atoms with Crippen molar-refractivity contribution < 1.29 is 13.9 Å². The number of imidazole rings is 1. The average Bonchev–Trinajstić information content (AvgIpc) is 3.00. The molecule has 0 saturated heterocycles. The molecule has 1 aromatic carbocycles. The molecule has 9 heteroatoms. The van der Waals surface area contributed by atoms with Gasteiger partial charge >= 0.3 is 6.09 Å².